The smallest absolute Gasteiger partial charge is 0.407 e. The Morgan fingerprint density at radius 1 is 1.23 bits per heavy atom. The van der Waals surface area contributed by atoms with Crippen LogP contribution in [0.15, 0.2) is 12.1 Å². The molecule has 1 fully saturated rings. The van der Waals surface area contributed by atoms with Gasteiger partial charge in [0.2, 0.25) is 0 Å². The fourth-order valence-electron chi connectivity index (χ4n) is 2.44. The minimum absolute atomic E-state index is 0.0825. The molecule has 1 aromatic heterocycles. The molecule has 1 saturated carbocycles. The molecule has 2 rings (SSSR count). The Labute approximate surface area is 139 Å². The molecule has 2 N–H and O–H groups in total. The fraction of sp³-hybridized carbons (Fsp3) is 0.600. The summed E-state index contributed by atoms with van der Waals surface area (Å²) in [5, 5.41) is 5.82. The molecule has 0 unspecified atom stereocenters. The molecule has 7 heteroatoms. The fourth-order valence-corrected chi connectivity index (χ4v) is 3.39. The van der Waals surface area contributed by atoms with Gasteiger partial charge in [0.15, 0.2) is 0 Å². The highest BCUT2D eigenvalue weighted by Crippen LogP contribution is 2.24. The van der Waals surface area contributed by atoms with Crippen LogP contribution in [0, 0.1) is 0 Å². The second-order valence-corrected chi connectivity index (χ2v) is 8.08. The van der Waals surface area contributed by atoms with Crippen molar-refractivity contribution in [3.8, 4) is 0 Å². The zero-order valence-electron chi connectivity index (χ0n) is 12.9. The number of ether oxygens (including phenoxy) is 1. The molecule has 5 nitrogen and oxygen atoms in total. The van der Waals surface area contributed by atoms with E-state index >= 15 is 0 Å². The van der Waals surface area contributed by atoms with Crippen molar-refractivity contribution in [3.63, 3.8) is 0 Å². The summed E-state index contributed by atoms with van der Waals surface area (Å²) in [5.41, 5.74) is -0.533. The molecule has 2 atom stereocenters. The van der Waals surface area contributed by atoms with Crippen LogP contribution in [-0.4, -0.2) is 29.7 Å². The predicted octanol–water partition coefficient (Wildman–Crippen LogP) is 3.58. The molecule has 2 amide bonds. The van der Waals surface area contributed by atoms with Crippen molar-refractivity contribution < 1.29 is 14.3 Å². The number of hydrogen-bond acceptors (Lipinski definition) is 4. The van der Waals surface area contributed by atoms with Gasteiger partial charge in [0.05, 0.1) is 15.3 Å². The molecule has 0 aromatic carbocycles. The lowest BCUT2D eigenvalue weighted by molar-refractivity contribution is 0.0495. The third kappa shape index (κ3) is 4.88. The van der Waals surface area contributed by atoms with Crippen LogP contribution in [-0.2, 0) is 4.74 Å². The maximum Gasteiger partial charge on any atom is 0.407 e. The topological polar surface area (TPSA) is 67.4 Å². The van der Waals surface area contributed by atoms with E-state index in [2.05, 4.69) is 10.6 Å². The van der Waals surface area contributed by atoms with Crippen LogP contribution >= 0.6 is 22.9 Å². The molecule has 1 heterocycles. The molecule has 122 valence electrons. The van der Waals surface area contributed by atoms with E-state index in [0.29, 0.717) is 9.21 Å². The van der Waals surface area contributed by atoms with Crippen LogP contribution in [0.3, 0.4) is 0 Å². The van der Waals surface area contributed by atoms with E-state index in [1.807, 2.05) is 20.8 Å². The van der Waals surface area contributed by atoms with E-state index < -0.39 is 11.7 Å². The average molecular weight is 345 g/mol. The first-order chi connectivity index (χ1) is 10.2. The summed E-state index contributed by atoms with van der Waals surface area (Å²) in [6, 6.07) is 3.22. The van der Waals surface area contributed by atoms with E-state index in [1.54, 1.807) is 12.1 Å². The Hall–Kier alpha value is -1.27. The second kappa shape index (κ2) is 6.87. The number of carbonyl (C=O) groups is 2. The van der Waals surface area contributed by atoms with Gasteiger partial charge < -0.3 is 15.4 Å². The zero-order valence-corrected chi connectivity index (χ0v) is 14.5. The molecule has 0 bridgehead atoms. The number of thiophene rings is 1. The van der Waals surface area contributed by atoms with E-state index in [-0.39, 0.29) is 18.0 Å². The Kier molecular flexibility index (Phi) is 5.34. The molecule has 22 heavy (non-hydrogen) atoms. The van der Waals surface area contributed by atoms with Crippen LogP contribution in [0.4, 0.5) is 4.79 Å². The number of halogens is 1. The van der Waals surface area contributed by atoms with Gasteiger partial charge in [-0.2, -0.15) is 0 Å². The summed E-state index contributed by atoms with van der Waals surface area (Å²) in [7, 11) is 0. The highest BCUT2D eigenvalue weighted by atomic mass is 35.5. The second-order valence-electron chi connectivity index (χ2n) is 6.37. The molecular formula is C15H21ClN2O3S. The van der Waals surface area contributed by atoms with Crippen LogP contribution in [0.5, 0.6) is 0 Å². The van der Waals surface area contributed by atoms with E-state index in [1.165, 1.54) is 11.3 Å². The first kappa shape index (κ1) is 17.1. The standard InChI is InChI=1S/C15H21ClN2O3S/c1-15(2,3)21-14(20)18-10-6-4-5-9(10)17-13(19)11-7-8-12(16)22-11/h7-10H,4-6H2,1-3H3,(H,17,19)(H,18,20)/t9-,10+/m1/s1. The SMILES string of the molecule is CC(C)(C)OC(=O)N[C@H]1CCC[C@H]1NC(=O)c1ccc(Cl)s1. The van der Waals surface area contributed by atoms with Crippen molar-refractivity contribution in [2.45, 2.75) is 57.7 Å². The van der Waals surface area contributed by atoms with Crippen molar-refractivity contribution >= 4 is 34.9 Å². The highest BCUT2D eigenvalue weighted by Gasteiger charge is 2.31. The predicted molar refractivity (Wildman–Crippen MR) is 87.6 cm³/mol. The molecule has 0 spiro atoms. The highest BCUT2D eigenvalue weighted by molar-refractivity contribution is 7.17. The third-order valence-corrected chi connectivity index (χ3v) is 4.56. The number of alkyl carbamates (subject to hydrolysis) is 1. The summed E-state index contributed by atoms with van der Waals surface area (Å²) in [5.74, 6) is -0.153. The van der Waals surface area contributed by atoms with Gasteiger partial charge in [0, 0.05) is 6.04 Å². The van der Waals surface area contributed by atoms with Gasteiger partial charge in [0.1, 0.15) is 5.60 Å². The van der Waals surface area contributed by atoms with Crippen molar-refractivity contribution in [1.82, 2.24) is 10.6 Å². The minimum Gasteiger partial charge on any atom is -0.444 e. The van der Waals surface area contributed by atoms with Gasteiger partial charge in [-0.15, -0.1) is 11.3 Å². The lowest BCUT2D eigenvalue weighted by Crippen LogP contribution is -2.49. The quantitative estimate of drug-likeness (QED) is 0.880. The van der Waals surface area contributed by atoms with Crippen molar-refractivity contribution in [2.24, 2.45) is 0 Å². The first-order valence-corrected chi connectivity index (χ1v) is 8.50. The number of nitrogens with one attached hydrogen (secondary N) is 2. The molecule has 0 saturated heterocycles. The maximum absolute atomic E-state index is 12.2. The summed E-state index contributed by atoms with van der Waals surface area (Å²) >= 11 is 7.09. The van der Waals surface area contributed by atoms with Crippen LogP contribution < -0.4 is 10.6 Å². The Balaban J connectivity index is 1.90. The van der Waals surface area contributed by atoms with Crippen molar-refractivity contribution in [3.05, 3.63) is 21.3 Å². The summed E-state index contributed by atoms with van der Waals surface area (Å²) in [6.45, 7) is 5.46. The van der Waals surface area contributed by atoms with Crippen molar-refractivity contribution in [1.29, 1.82) is 0 Å². The van der Waals surface area contributed by atoms with E-state index in [4.69, 9.17) is 16.3 Å². The molecule has 0 aliphatic heterocycles. The maximum atomic E-state index is 12.2. The Bertz CT molecular complexity index is 553. The summed E-state index contributed by atoms with van der Waals surface area (Å²) < 4.78 is 5.85. The van der Waals surface area contributed by atoms with Gasteiger partial charge in [-0.3, -0.25) is 4.79 Å². The van der Waals surface area contributed by atoms with Crippen LogP contribution in [0.1, 0.15) is 49.7 Å². The monoisotopic (exact) mass is 344 g/mol. The lowest BCUT2D eigenvalue weighted by Gasteiger charge is -2.25. The molecule has 1 aliphatic carbocycles. The van der Waals surface area contributed by atoms with Gasteiger partial charge in [-0.1, -0.05) is 11.6 Å². The molecule has 1 aliphatic rings. The van der Waals surface area contributed by atoms with Gasteiger partial charge in [-0.25, -0.2) is 4.79 Å². The minimum atomic E-state index is -0.533. The van der Waals surface area contributed by atoms with Crippen LogP contribution in [0.2, 0.25) is 4.34 Å². The normalized spacial score (nSPS) is 21.5. The number of carbonyl (C=O) groups excluding carboxylic acids is 2. The molecule has 1 aromatic rings. The van der Waals surface area contributed by atoms with Gasteiger partial charge >= 0.3 is 6.09 Å². The number of hydrogen-bond donors (Lipinski definition) is 2. The van der Waals surface area contributed by atoms with Crippen LogP contribution in [0.25, 0.3) is 0 Å². The lowest BCUT2D eigenvalue weighted by atomic mass is 10.1. The van der Waals surface area contributed by atoms with E-state index in [9.17, 15) is 9.59 Å². The van der Waals surface area contributed by atoms with Crippen molar-refractivity contribution in [2.75, 3.05) is 0 Å². The number of rotatable bonds is 3. The average Bonchev–Trinajstić information content (AvgIpc) is 2.97. The van der Waals surface area contributed by atoms with E-state index in [0.717, 1.165) is 19.3 Å². The Morgan fingerprint density at radius 2 is 1.86 bits per heavy atom. The van der Waals surface area contributed by atoms with Gasteiger partial charge in [0.25, 0.3) is 5.91 Å². The molecular weight excluding hydrogens is 324 g/mol. The summed E-state index contributed by atoms with van der Waals surface area (Å²) in [6.07, 6.45) is 2.18. The number of amides is 2. The Morgan fingerprint density at radius 3 is 2.41 bits per heavy atom. The largest absolute Gasteiger partial charge is 0.444 e. The van der Waals surface area contributed by atoms with Gasteiger partial charge in [-0.05, 0) is 52.2 Å². The first-order valence-electron chi connectivity index (χ1n) is 7.30. The zero-order chi connectivity index (χ0) is 16.3. The third-order valence-electron chi connectivity index (χ3n) is 3.33. The summed E-state index contributed by atoms with van der Waals surface area (Å²) in [4.78, 5) is 24.6. The molecule has 0 radical (unpaired) electrons.